The lowest BCUT2D eigenvalue weighted by atomic mass is 9.97. The molecule has 2 aliphatic rings. The summed E-state index contributed by atoms with van der Waals surface area (Å²) in [7, 11) is 0. The Labute approximate surface area is 89.5 Å². The molecule has 1 aliphatic heterocycles. The Morgan fingerprint density at radius 1 is 1.40 bits per heavy atom. The molecule has 0 aromatic carbocycles. The van der Waals surface area contributed by atoms with E-state index < -0.39 is 0 Å². The fraction of sp³-hybridized carbons (Fsp3) is 0.800. The van der Waals surface area contributed by atoms with Crippen LogP contribution in [0, 0.1) is 11.3 Å². The summed E-state index contributed by atoms with van der Waals surface area (Å²) in [6.07, 6.45) is 4.09. The van der Waals surface area contributed by atoms with Crippen LogP contribution in [0.25, 0.3) is 0 Å². The number of hydrogen-bond donors (Lipinski definition) is 3. The number of nitrogens with two attached hydrogens (primary N) is 1. The van der Waals surface area contributed by atoms with E-state index in [0.29, 0.717) is 12.6 Å². The van der Waals surface area contributed by atoms with Gasteiger partial charge >= 0.3 is 6.03 Å². The number of amidine groups is 1. The normalized spacial score (nSPS) is 26.1. The molecule has 0 spiro atoms. The van der Waals surface area contributed by atoms with Gasteiger partial charge in [-0.2, -0.15) is 0 Å². The molecule has 4 N–H and O–H groups in total. The maximum Gasteiger partial charge on any atom is 0.317 e. The van der Waals surface area contributed by atoms with Crippen molar-refractivity contribution in [3.63, 3.8) is 0 Å². The molecule has 5 nitrogen and oxygen atoms in total. The number of amides is 2. The summed E-state index contributed by atoms with van der Waals surface area (Å²) in [5.74, 6) is 0.266. The number of nitrogens with one attached hydrogen (secondary N) is 2. The average molecular weight is 210 g/mol. The number of rotatable bonds is 2. The summed E-state index contributed by atoms with van der Waals surface area (Å²) < 4.78 is 0. The molecule has 1 heterocycles. The molecule has 2 rings (SSSR count). The first-order valence-electron chi connectivity index (χ1n) is 5.56. The predicted molar refractivity (Wildman–Crippen MR) is 57.8 cm³/mol. The maximum atomic E-state index is 11.7. The van der Waals surface area contributed by atoms with Crippen LogP contribution >= 0.6 is 0 Å². The molecule has 5 heteroatoms. The van der Waals surface area contributed by atoms with Crippen molar-refractivity contribution in [1.29, 1.82) is 5.41 Å². The third kappa shape index (κ3) is 2.61. The molecule has 1 unspecified atom stereocenters. The summed E-state index contributed by atoms with van der Waals surface area (Å²) in [6, 6.07) is 0.415. The first kappa shape index (κ1) is 10.3. The zero-order valence-electron chi connectivity index (χ0n) is 8.83. The van der Waals surface area contributed by atoms with Crippen LogP contribution in [0.5, 0.6) is 0 Å². The molecule has 1 saturated heterocycles. The van der Waals surface area contributed by atoms with E-state index >= 15 is 0 Å². The van der Waals surface area contributed by atoms with Gasteiger partial charge in [0.25, 0.3) is 0 Å². The Morgan fingerprint density at radius 2 is 2.13 bits per heavy atom. The third-order valence-corrected chi connectivity index (χ3v) is 3.05. The van der Waals surface area contributed by atoms with Crippen molar-refractivity contribution in [2.75, 3.05) is 13.1 Å². The van der Waals surface area contributed by atoms with Gasteiger partial charge in [-0.05, 0) is 25.7 Å². The smallest absolute Gasteiger partial charge is 0.317 e. The van der Waals surface area contributed by atoms with Crippen molar-refractivity contribution < 1.29 is 4.79 Å². The fourth-order valence-corrected chi connectivity index (χ4v) is 1.91. The van der Waals surface area contributed by atoms with Gasteiger partial charge in [-0.1, -0.05) is 0 Å². The minimum Gasteiger partial charge on any atom is -0.387 e. The van der Waals surface area contributed by atoms with Crippen LogP contribution in [0.1, 0.15) is 25.7 Å². The molecular weight excluding hydrogens is 192 g/mol. The predicted octanol–water partition coefficient (Wildman–Crippen LogP) is 0.506. The molecule has 15 heavy (non-hydrogen) atoms. The van der Waals surface area contributed by atoms with Gasteiger partial charge in [0, 0.05) is 25.0 Å². The van der Waals surface area contributed by atoms with E-state index in [1.807, 2.05) is 0 Å². The third-order valence-electron chi connectivity index (χ3n) is 3.05. The van der Waals surface area contributed by atoms with Crippen molar-refractivity contribution in [3.05, 3.63) is 0 Å². The lowest BCUT2D eigenvalue weighted by Crippen LogP contribution is -2.48. The van der Waals surface area contributed by atoms with E-state index in [1.54, 1.807) is 4.90 Å². The molecule has 1 atom stereocenters. The summed E-state index contributed by atoms with van der Waals surface area (Å²) in [4.78, 5) is 13.5. The quantitative estimate of drug-likeness (QED) is 0.458. The second-order valence-corrected chi connectivity index (χ2v) is 4.46. The van der Waals surface area contributed by atoms with Crippen molar-refractivity contribution in [3.8, 4) is 0 Å². The Hall–Kier alpha value is -1.26. The molecule has 0 bridgehead atoms. The number of nitrogens with zero attached hydrogens (tertiary/aromatic N) is 1. The molecule has 0 aromatic rings. The van der Waals surface area contributed by atoms with Crippen LogP contribution in [0.2, 0.25) is 0 Å². The number of piperidine rings is 1. The van der Waals surface area contributed by atoms with Gasteiger partial charge in [-0.25, -0.2) is 4.79 Å². The highest BCUT2D eigenvalue weighted by Gasteiger charge is 2.29. The Balaban J connectivity index is 1.85. The molecule has 84 valence electrons. The number of carbonyl (C=O) groups is 1. The van der Waals surface area contributed by atoms with Gasteiger partial charge in [0.1, 0.15) is 0 Å². The average Bonchev–Trinajstić information content (AvgIpc) is 3.02. The van der Waals surface area contributed by atoms with Crippen LogP contribution in [0.4, 0.5) is 4.79 Å². The maximum absolute atomic E-state index is 11.7. The van der Waals surface area contributed by atoms with Crippen molar-refractivity contribution in [2.24, 2.45) is 11.7 Å². The van der Waals surface area contributed by atoms with E-state index in [4.69, 9.17) is 11.1 Å². The summed E-state index contributed by atoms with van der Waals surface area (Å²) >= 11 is 0. The van der Waals surface area contributed by atoms with Crippen molar-refractivity contribution in [2.45, 2.75) is 31.7 Å². The van der Waals surface area contributed by atoms with Gasteiger partial charge in [-0.3, -0.25) is 5.41 Å². The molecule has 1 saturated carbocycles. The van der Waals surface area contributed by atoms with Crippen molar-refractivity contribution >= 4 is 11.9 Å². The summed E-state index contributed by atoms with van der Waals surface area (Å²) in [5, 5.41) is 10.4. The second kappa shape index (κ2) is 4.08. The number of urea groups is 1. The van der Waals surface area contributed by atoms with Gasteiger partial charge in [0.05, 0.1) is 5.84 Å². The molecule has 0 aromatic heterocycles. The topological polar surface area (TPSA) is 82.2 Å². The zero-order valence-corrected chi connectivity index (χ0v) is 8.83. The summed E-state index contributed by atoms with van der Waals surface area (Å²) in [6.45, 7) is 1.40. The Bertz CT molecular complexity index is 275. The lowest BCUT2D eigenvalue weighted by Gasteiger charge is -2.32. The Morgan fingerprint density at radius 3 is 2.73 bits per heavy atom. The lowest BCUT2D eigenvalue weighted by molar-refractivity contribution is 0.177. The van der Waals surface area contributed by atoms with E-state index in [9.17, 15) is 4.79 Å². The van der Waals surface area contributed by atoms with Gasteiger partial charge < -0.3 is 16.0 Å². The molecular formula is C10H18N4O. The van der Waals surface area contributed by atoms with Crippen LogP contribution < -0.4 is 11.1 Å². The van der Waals surface area contributed by atoms with Gasteiger partial charge in [0.15, 0.2) is 0 Å². The van der Waals surface area contributed by atoms with Crippen LogP contribution in [0.3, 0.4) is 0 Å². The molecule has 2 fully saturated rings. The van der Waals surface area contributed by atoms with E-state index in [1.165, 1.54) is 0 Å². The van der Waals surface area contributed by atoms with E-state index in [-0.39, 0.29) is 17.8 Å². The Kier molecular flexibility index (Phi) is 2.79. The largest absolute Gasteiger partial charge is 0.387 e. The molecule has 1 aliphatic carbocycles. The fourth-order valence-electron chi connectivity index (χ4n) is 1.91. The van der Waals surface area contributed by atoms with Crippen LogP contribution in [0.15, 0.2) is 0 Å². The molecule has 0 radical (unpaired) electrons. The highest BCUT2D eigenvalue weighted by Crippen LogP contribution is 2.21. The minimum atomic E-state index is 0.0171. The van der Waals surface area contributed by atoms with Crippen LogP contribution in [-0.2, 0) is 0 Å². The number of carbonyl (C=O) groups excluding carboxylic acids is 1. The van der Waals surface area contributed by atoms with Gasteiger partial charge in [-0.15, -0.1) is 0 Å². The second-order valence-electron chi connectivity index (χ2n) is 4.46. The van der Waals surface area contributed by atoms with Crippen LogP contribution in [-0.4, -0.2) is 35.9 Å². The van der Waals surface area contributed by atoms with Gasteiger partial charge in [0.2, 0.25) is 0 Å². The zero-order chi connectivity index (χ0) is 10.8. The SMILES string of the molecule is N=C(N)C1CCCN(C(=O)NC2CC2)C1. The number of hydrogen-bond acceptors (Lipinski definition) is 2. The van der Waals surface area contributed by atoms with E-state index in [2.05, 4.69) is 5.32 Å². The molecule has 2 amide bonds. The highest BCUT2D eigenvalue weighted by atomic mass is 16.2. The monoisotopic (exact) mass is 210 g/mol. The summed E-state index contributed by atoms with van der Waals surface area (Å²) in [5.41, 5.74) is 5.47. The minimum absolute atomic E-state index is 0.0171. The highest BCUT2D eigenvalue weighted by molar-refractivity contribution is 5.81. The standard InChI is InChI=1S/C10H18N4O/c11-9(12)7-2-1-5-14(6-7)10(15)13-8-3-4-8/h7-8H,1-6H2,(H3,11,12)(H,13,15). The number of likely N-dealkylation sites (tertiary alicyclic amines) is 1. The van der Waals surface area contributed by atoms with E-state index in [0.717, 1.165) is 32.2 Å². The first-order valence-corrected chi connectivity index (χ1v) is 5.56. The first-order chi connectivity index (χ1) is 7.16. The van der Waals surface area contributed by atoms with Crippen molar-refractivity contribution in [1.82, 2.24) is 10.2 Å².